The zero-order chi connectivity index (χ0) is 14.7. The summed E-state index contributed by atoms with van der Waals surface area (Å²) in [7, 11) is 0. The third-order valence-electron chi connectivity index (χ3n) is 3.15. The van der Waals surface area contributed by atoms with E-state index in [0.29, 0.717) is 24.3 Å². The van der Waals surface area contributed by atoms with E-state index in [0.717, 1.165) is 6.08 Å². The lowest BCUT2D eigenvalue weighted by atomic mass is 10.1. The van der Waals surface area contributed by atoms with Gasteiger partial charge in [0.2, 0.25) is 0 Å². The molecule has 0 aromatic heterocycles. The number of aliphatic carboxylic acids is 1. The predicted molar refractivity (Wildman–Crippen MR) is 75.3 cm³/mol. The van der Waals surface area contributed by atoms with Crippen LogP contribution >= 0.6 is 0 Å². The molecule has 2 rings (SSSR count). The molecule has 0 unspecified atom stereocenters. The van der Waals surface area contributed by atoms with Crippen LogP contribution in [-0.4, -0.2) is 36.4 Å². The fourth-order valence-corrected chi connectivity index (χ4v) is 2.43. The molecule has 1 aromatic carbocycles. The number of morpholine rings is 1. The second-order valence-corrected chi connectivity index (χ2v) is 5.04. The molecule has 108 valence electrons. The van der Waals surface area contributed by atoms with Crippen LogP contribution in [0.15, 0.2) is 24.3 Å². The first kappa shape index (κ1) is 14.5. The first-order valence-electron chi connectivity index (χ1n) is 6.56. The van der Waals surface area contributed by atoms with Crippen molar-refractivity contribution >= 4 is 17.7 Å². The number of anilines is 1. The van der Waals surface area contributed by atoms with Crippen molar-refractivity contribution < 1.29 is 19.0 Å². The molecule has 1 N–H and O–H groups in total. The summed E-state index contributed by atoms with van der Waals surface area (Å²) < 4.78 is 19.8. The zero-order valence-electron chi connectivity index (χ0n) is 11.5. The number of nitrogens with zero attached hydrogens (tertiary/aromatic N) is 1. The number of carboxylic acid groups (broad SMARTS) is 1. The van der Waals surface area contributed by atoms with Crippen LogP contribution < -0.4 is 4.90 Å². The maximum absolute atomic E-state index is 14.1. The molecular formula is C15H18FNO3. The van der Waals surface area contributed by atoms with Crippen LogP contribution in [0.5, 0.6) is 0 Å². The Hall–Kier alpha value is -1.88. The summed E-state index contributed by atoms with van der Waals surface area (Å²) >= 11 is 0. The molecule has 1 aliphatic heterocycles. The van der Waals surface area contributed by atoms with Gasteiger partial charge in [-0.3, -0.25) is 0 Å². The average molecular weight is 279 g/mol. The highest BCUT2D eigenvalue weighted by molar-refractivity contribution is 5.85. The highest BCUT2D eigenvalue weighted by Gasteiger charge is 2.24. The number of rotatable bonds is 3. The van der Waals surface area contributed by atoms with Gasteiger partial charge in [-0.15, -0.1) is 0 Å². The van der Waals surface area contributed by atoms with Crippen LogP contribution in [0.4, 0.5) is 10.1 Å². The minimum atomic E-state index is -1.05. The van der Waals surface area contributed by atoms with Crippen molar-refractivity contribution in [3.8, 4) is 0 Å². The van der Waals surface area contributed by atoms with Gasteiger partial charge in [0.1, 0.15) is 5.82 Å². The standard InChI is InChI=1S/C15H18FNO3/c1-10-8-17(9-11(2)20-10)14-5-3-12(7-13(14)16)4-6-15(18)19/h3-7,10-11H,8-9H2,1-2H3,(H,18,19)/b6-4+/t10-,11+. The van der Waals surface area contributed by atoms with Crippen molar-refractivity contribution in [2.24, 2.45) is 0 Å². The number of benzene rings is 1. The highest BCUT2D eigenvalue weighted by Crippen LogP contribution is 2.24. The summed E-state index contributed by atoms with van der Waals surface area (Å²) in [4.78, 5) is 12.4. The summed E-state index contributed by atoms with van der Waals surface area (Å²) in [5.41, 5.74) is 1.06. The monoisotopic (exact) mass is 279 g/mol. The predicted octanol–water partition coefficient (Wildman–Crippen LogP) is 2.54. The van der Waals surface area contributed by atoms with Crippen molar-refractivity contribution in [3.05, 3.63) is 35.7 Å². The van der Waals surface area contributed by atoms with Crippen LogP contribution in [-0.2, 0) is 9.53 Å². The molecule has 0 radical (unpaired) electrons. The van der Waals surface area contributed by atoms with E-state index in [1.54, 1.807) is 12.1 Å². The summed E-state index contributed by atoms with van der Waals surface area (Å²) in [5, 5.41) is 8.56. The number of hydrogen-bond acceptors (Lipinski definition) is 3. The summed E-state index contributed by atoms with van der Waals surface area (Å²) in [6, 6.07) is 4.74. The zero-order valence-corrected chi connectivity index (χ0v) is 11.5. The number of ether oxygens (including phenoxy) is 1. The lowest BCUT2D eigenvalue weighted by molar-refractivity contribution is -0.131. The van der Waals surface area contributed by atoms with E-state index >= 15 is 0 Å². The number of halogens is 1. The Morgan fingerprint density at radius 2 is 2.05 bits per heavy atom. The Kier molecular flexibility index (Phi) is 4.39. The Morgan fingerprint density at radius 1 is 1.40 bits per heavy atom. The molecule has 0 bridgehead atoms. The van der Waals surface area contributed by atoms with E-state index in [1.165, 1.54) is 12.1 Å². The van der Waals surface area contributed by atoms with Gasteiger partial charge < -0.3 is 14.7 Å². The van der Waals surface area contributed by atoms with Crippen molar-refractivity contribution in [1.82, 2.24) is 0 Å². The average Bonchev–Trinajstić information content (AvgIpc) is 2.35. The van der Waals surface area contributed by atoms with Gasteiger partial charge in [-0.05, 0) is 37.6 Å². The minimum Gasteiger partial charge on any atom is -0.478 e. The van der Waals surface area contributed by atoms with Crippen molar-refractivity contribution in [2.75, 3.05) is 18.0 Å². The molecular weight excluding hydrogens is 261 g/mol. The molecule has 1 aromatic rings. The van der Waals surface area contributed by atoms with Gasteiger partial charge in [0.05, 0.1) is 17.9 Å². The van der Waals surface area contributed by atoms with Crippen LogP contribution in [0.1, 0.15) is 19.4 Å². The summed E-state index contributed by atoms with van der Waals surface area (Å²) in [6.07, 6.45) is 2.49. The van der Waals surface area contributed by atoms with E-state index in [9.17, 15) is 9.18 Å². The van der Waals surface area contributed by atoms with E-state index in [4.69, 9.17) is 9.84 Å². The smallest absolute Gasteiger partial charge is 0.328 e. The summed E-state index contributed by atoms with van der Waals surface area (Å²) in [6.45, 7) is 5.21. The minimum absolute atomic E-state index is 0.0599. The lowest BCUT2D eigenvalue weighted by Crippen LogP contribution is -2.45. The maximum Gasteiger partial charge on any atom is 0.328 e. The van der Waals surface area contributed by atoms with E-state index in [-0.39, 0.29) is 18.0 Å². The fraction of sp³-hybridized carbons (Fsp3) is 0.400. The molecule has 0 spiro atoms. The molecule has 1 saturated heterocycles. The van der Waals surface area contributed by atoms with Gasteiger partial charge in [-0.2, -0.15) is 0 Å². The Morgan fingerprint density at radius 3 is 2.60 bits per heavy atom. The van der Waals surface area contributed by atoms with Crippen molar-refractivity contribution in [1.29, 1.82) is 0 Å². The molecule has 1 fully saturated rings. The largest absolute Gasteiger partial charge is 0.478 e. The van der Waals surface area contributed by atoms with Gasteiger partial charge >= 0.3 is 5.97 Å². The topological polar surface area (TPSA) is 49.8 Å². The highest BCUT2D eigenvalue weighted by atomic mass is 19.1. The SMILES string of the molecule is C[C@@H]1CN(c2ccc(/C=C/C(=O)O)cc2F)C[C@H](C)O1. The van der Waals surface area contributed by atoms with Gasteiger partial charge in [0.25, 0.3) is 0 Å². The molecule has 4 nitrogen and oxygen atoms in total. The Bertz CT molecular complexity index is 520. The third kappa shape index (κ3) is 3.57. The van der Waals surface area contributed by atoms with Crippen LogP contribution in [0.25, 0.3) is 6.08 Å². The normalized spacial score (nSPS) is 23.2. The number of carbonyl (C=O) groups is 1. The number of hydrogen-bond donors (Lipinski definition) is 1. The van der Waals surface area contributed by atoms with E-state index in [2.05, 4.69) is 0 Å². The van der Waals surface area contributed by atoms with Crippen molar-refractivity contribution in [3.63, 3.8) is 0 Å². The van der Waals surface area contributed by atoms with Gasteiger partial charge in [0.15, 0.2) is 0 Å². The lowest BCUT2D eigenvalue weighted by Gasteiger charge is -2.37. The molecule has 1 aliphatic rings. The van der Waals surface area contributed by atoms with E-state index in [1.807, 2.05) is 18.7 Å². The van der Waals surface area contributed by atoms with Crippen LogP contribution in [0.2, 0.25) is 0 Å². The van der Waals surface area contributed by atoms with Crippen molar-refractivity contribution in [2.45, 2.75) is 26.1 Å². The second-order valence-electron chi connectivity index (χ2n) is 5.04. The molecule has 2 atom stereocenters. The molecule has 0 amide bonds. The van der Waals surface area contributed by atoms with Crippen LogP contribution in [0, 0.1) is 5.82 Å². The van der Waals surface area contributed by atoms with Gasteiger partial charge in [0, 0.05) is 19.2 Å². The number of carboxylic acids is 1. The molecule has 20 heavy (non-hydrogen) atoms. The molecule has 5 heteroatoms. The Balaban J connectivity index is 2.19. The Labute approximate surface area is 117 Å². The first-order valence-corrected chi connectivity index (χ1v) is 6.56. The second kappa shape index (κ2) is 6.05. The quantitative estimate of drug-likeness (QED) is 0.864. The molecule has 1 heterocycles. The maximum atomic E-state index is 14.1. The summed E-state index contributed by atoms with van der Waals surface area (Å²) in [5.74, 6) is -1.40. The third-order valence-corrected chi connectivity index (χ3v) is 3.15. The fourth-order valence-electron chi connectivity index (χ4n) is 2.43. The first-order chi connectivity index (χ1) is 9.45. The van der Waals surface area contributed by atoms with Gasteiger partial charge in [-0.25, -0.2) is 9.18 Å². The molecule has 0 saturated carbocycles. The van der Waals surface area contributed by atoms with Crippen LogP contribution in [0.3, 0.4) is 0 Å². The van der Waals surface area contributed by atoms with E-state index < -0.39 is 5.97 Å². The van der Waals surface area contributed by atoms with Gasteiger partial charge in [-0.1, -0.05) is 6.07 Å². The molecule has 0 aliphatic carbocycles.